The Hall–Kier alpha value is -2.02. The monoisotopic (exact) mass is 309 g/mol. The molecule has 2 aromatic rings. The topological polar surface area (TPSA) is 81.1 Å². The summed E-state index contributed by atoms with van der Waals surface area (Å²) >= 11 is 1.35. The van der Waals surface area contributed by atoms with Gasteiger partial charge in [0.1, 0.15) is 22.2 Å². The van der Waals surface area contributed by atoms with Gasteiger partial charge in [0.15, 0.2) is 0 Å². The molecule has 1 heterocycles. The van der Waals surface area contributed by atoms with E-state index in [2.05, 4.69) is 5.10 Å². The number of carboxylic acids is 1. The minimum atomic E-state index is -1.11. The van der Waals surface area contributed by atoms with E-state index in [0.29, 0.717) is 16.3 Å². The van der Waals surface area contributed by atoms with Gasteiger partial charge in [0, 0.05) is 0 Å². The lowest BCUT2D eigenvalue weighted by Gasteiger charge is -2.07. The SMILES string of the molecule is CCCSc1nn(-c2ccc(F)cc2C)c(N)c1C(=O)O. The molecule has 0 atom stereocenters. The lowest BCUT2D eigenvalue weighted by Crippen LogP contribution is -2.07. The number of halogens is 1. The van der Waals surface area contributed by atoms with Gasteiger partial charge in [-0.15, -0.1) is 11.8 Å². The standard InChI is InChI=1S/C14H16FN3O2S/c1-3-6-21-13-11(14(19)20)12(16)18(17-13)10-5-4-9(15)7-8(10)2/h4-5,7H,3,6,16H2,1-2H3,(H,19,20). The van der Waals surface area contributed by atoms with Crippen LogP contribution in [-0.4, -0.2) is 26.6 Å². The van der Waals surface area contributed by atoms with E-state index in [0.717, 1.165) is 12.2 Å². The van der Waals surface area contributed by atoms with Crippen molar-refractivity contribution < 1.29 is 14.3 Å². The van der Waals surface area contributed by atoms with Crippen molar-refractivity contribution in [3.63, 3.8) is 0 Å². The molecule has 112 valence electrons. The largest absolute Gasteiger partial charge is 0.477 e. The first-order chi connectivity index (χ1) is 9.95. The number of hydrogen-bond donors (Lipinski definition) is 2. The van der Waals surface area contributed by atoms with Crippen LogP contribution in [0, 0.1) is 12.7 Å². The fourth-order valence-electron chi connectivity index (χ4n) is 1.95. The number of carbonyl (C=O) groups is 1. The van der Waals surface area contributed by atoms with E-state index in [1.165, 1.54) is 34.6 Å². The van der Waals surface area contributed by atoms with Crippen molar-refractivity contribution >= 4 is 23.5 Å². The van der Waals surface area contributed by atoms with Crippen molar-refractivity contribution in [2.75, 3.05) is 11.5 Å². The zero-order chi connectivity index (χ0) is 15.6. The van der Waals surface area contributed by atoms with Gasteiger partial charge in [0.2, 0.25) is 0 Å². The molecule has 21 heavy (non-hydrogen) atoms. The van der Waals surface area contributed by atoms with Gasteiger partial charge in [0.25, 0.3) is 0 Å². The minimum absolute atomic E-state index is 0.00262. The number of benzene rings is 1. The number of nitrogen functional groups attached to an aromatic ring is 1. The van der Waals surface area contributed by atoms with E-state index in [1.54, 1.807) is 6.92 Å². The molecule has 1 aromatic carbocycles. The second-order valence-corrected chi connectivity index (χ2v) is 5.65. The number of hydrogen-bond acceptors (Lipinski definition) is 4. The molecule has 0 unspecified atom stereocenters. The molecule has 3 N–H and O–H groups in total. The summed E-state index contributed by atoms with van der Waals surface area (Å²) < 4.78 is 14.5. The number of nitrogens with zero attached hydrogens (tertiary/aromatic N) is 2. The lowest BCUT2D eigenvalue weighted by molar-refractivity contribution is 0.0694. The third-order valence-corrected chi connectivity index (χ3v) is 4.10. The van der Waals surface area contributed by atoms with Gasteiger partial charge in [-0.3, -0.25) is 0 Å². The molecule has 0 spiro atoms. The molecule has 0 aliphatic carbocycles. The third-order valence-electron chi connectivity index (χ3n) is 2.93. The van der Waals surface area contributed by atoms with E-state index >= 15 is 0 Å². The molecule has 7 heteroatoms. The van der Waals surface area contributed by atoms with Crippen LogP contribution < -0.4 is 5.73 Å². The maximum Gasteiger partial charge on any atom is 0.342 e. The Balaban J connectivity index is 2.56. The van der Waals surface area contributed by atoms with E-state index in [1.807, 2.05) is 6.92 Å². The maximum atomic E-state index is 13.2. The second-order valence-electron chi connectivity index (χ2n) is 4.56. The van der Waals surface area contributed by atoms with Crippen LogP contribution in [-0.2, 0) is 0 Å². The van der Waals surface area contributed by atoms with Crippen LogP contribution in [0.25, 0.3) is 5.69 Å². The van der Waals surface area contributed by atoms with Gasteiger partial charge in [-0.05, 0) is 42.9 Å². The molecular formula is C14H16FN3O2S. The second kappa shape index (κ2) is 6.17. The fourth-order valence-corrected chi connectivity index (χ4v) is 2.82. The summed E-state index contributed by atoms with van der Waals surface area (Å²) in [6.45, 7) is 3.72. The highest BCUT2D eigenvalue weighted by Crippen LogP contribution is 2.30. The van der Waals surface area contributed by atoms with Crippen LogP contribution in [0.2, 0.25) is 0 Å². The van der Waals surface area contributed by atoms with Crippen LogP contribution in [0.1, 0.15) is 29.3 Å². The van der Waals surface area contributed by atoms with Crippen LogP contribution in [0.3, 0.4) is 0 Å². The number of aryl methyl sites for hydroxylation is 1. The zero-order valence-electron chi connectivity index (χ0n) is 11.8. The summed E-state index contributed by atoms with van der Waals surface area (Å²) in [5.74, 6) is -0.673. The Morgan fingerprint density at radius 3 is 2.81 bits per heavy atom. The van der Waals surface area contributed by atoms with Gasteiger partial charge in [0.05, 0.1) is 5.69 Å². The van der Waals surface area contributed by atoms with Crippen LogP contribution in [0.4, 0.5) is 10.2 Å². The van der Waals surface area contributed by atoms with Gasteiger partial charge in [-0.25, -0.2) is 13.9 Å². The van der Waals surface area contributed by atoms with Crippen LogP contribution in [0.5, 0.6) is 0 Å². The smallest absolute Gasteiger partial charge is 0.342 e. The molecule has 0 saturated carbocycles. The fraction of sp³-hybridized carbons (Fsp3) is 0.286. The van der Waals surface area contributed by atoms with E-state index < -0.39 is 5.97 Å². The molecule has 5 nitrogen and oxygen atoms in total. The van der Waals surface area contributed by atoms with Crippen LogP contribution in [0.15, 0.2) is 23.2 Å². The molecule has 0 aliphatic heterocycles. The lowest BCUT2D eigenvalue weighted by atomic mass is 10.2. The van der Waals surface area contributed by atoms with Gasteiger partial charge in [-0.2, -0.15) is 5.10 Å². The quantitative estimate of drug-likeness (QED) is 0.829. The molecule has 0 saturated heterocycles. The average Bonchev–Trinajstić information content (AvgIpc) is 2.73. The number of thioether (sulfide) groups is 1. The number of aromatic nitrogens is 2. The molecule has 0 aliphatic rings. The maximum absolute atomic E-state index is 13.2. The first kappa shape index (κ1) is 15.4. The molecule has 1 aromatic heterocycles. The summed E-state index contributed by atoms with van der Waals surface area (Å²) in [5.41, 5.74) is 7.13. The van der Waals surface area contributed by atoms with Crippen molar-refractivity contribution in [1.82, 2.24) is 9.78 Å². The summed E-state index contributed by atoms with van der Waals surface area (Å²) in [6.07, 6.45) is 0.895. The van der Waals surface area contributed by atoms with Gasteiger partial charge < -0.3 is 10.8 Å². The summed E-state index contributed by atoms with van der Waals surface area (Å²) in [5, 5.41) is 14.0. The molecule has 0 radical (unpaired) electrons. The Morgan fingerprint density at radius 1 is 1.52 bits per heavy atom. The highest BCUT2D eigenvalue weighted by molar-refractivity contribution is 7.99. The van der Waals surface area contributed by atoms with Crippen LogP contribution >= 0.6 is 11.8 Å². The van der Waals surface area contributed by atoms with Crippen molar-refractivity contribution in [1.29, 1.82) is 0 Å². The molecular weight excluding hydrogens is 293 g/mol. The number of aromatic carboxylic acids is 1. The Morgan fingerprint density at radius 2 is 2.24 bits per heavy atom. The Bertz CT molecular complexity index is 685. The van der Waals surface area contributed by atoms with E-state index in [4.69, 9.17) is 5.73 Å². The van der Waals surface area contributed by atoms with Crippen molar-refractivity contribution in [3.8, 4) is 5.69 Å². The first-order valence-corrected chi connectivity index (χ1v) is 7.45. The normalized spacial score (nSPS) is 10.8. The first-order valence-electron chi connectivity index (χ1n) is 6.46. The summed E-state index contributed by atoms with van der Waals surface area (Å²) in [7, 11) is 0. The van der Waals surface area contributed by atoms with Crippen molar-refractivity contribution in [3.05, 3.63) is 35.1 Å². The summed E-state index contributed by atoms with van der Waals surface area (Å²) in [6, 6.07) is 4.19. The number of anilines is 1. The zero-order valence-corrected chi connectivity index (χ0v) is 12.6. The predicted octanol–water partition coefficient (Wildman–Crippen LogP) is 3.10. The van der Waals surface area contributed by atoms with Gasteiger partial charge >= 0.3 is 5.97 Å². The average molecular weight is 309 g/mol. The summed E-state index contributed by atoms with van der Waals surface area (Å²) in [4.78, 5) is 11.4. The number of nitrogens with two attached hydrogens (primary N) is 1. The van der Waals surface area contributed by atoms with Gasteiger partial charge in [-0.1, -0.05) is 6.92 Å². The molecule has 0 bridgehead atoms. The highest BCUT2D eigenvalue weighted by atomic mass is 32.2. The molecule has 0 fully saturated rings. The third kappa shape index (κ3) is 3.02. The van der Waals surface area contributed by atoms with E-state index in [-0.39, 0.29) is 17.2 Å². The molecule has 0 amide bonds. The number of rotatable bonds is 5. The van der Waals surface area contributed by atoms with Crippen molar-refractivity contribution in [2.45, 2.75) is 25.3 Å². The minimum Gasteiger partial charge on any atom is -0.477 e. The number of carboxylic acid groups (broad SMARTS) is 1. The van der Waals surface area contributed by atoms with Crippen molar-refractivity contribution in [2.24, 2.45) is 0 Å². The molecule has 2 rings (SSSR count). The predicted molar refractivity (Wildman–Crippen MR) is 80.6 cm³/mol. The Kier molecular flexibility index (Phi) is 4.52. The van der Waals surface area contributed by atoms with E-state index in [9.17, 15) is 14.3 Å². The Labute approximate surface area is 126 Å². The highest BCUT2D eigenvalue weighted by Gasteiger charge is 2.23.